The van der Waals surface area contributed by atoms with E-state index in [-0.39, 0.29) is 5.41 Å². The average molecular weight is 280 g/mol. The number of hydrogen-bond donors (Lipinski definition) is 1. The first-order valence-corrected chi connectivity index (χ1v) is 8.48. The van der Waals surface area contributed by atoms with Crippen molar-refractivity contribution in [2.24, 2.45) is 11.8 Å². The molecular weight excluding hydrogens is 252 g/mol. The Bertz CT molecular complexity index is 386. The highest BCUT2D eigenvalue weighted by Crippen LogP contribution is 2.34. The summed E-state index contributed by atoms with van der Waals surface area (Å²) < 4.78 is 0. The van der Waals surface area contributed by atoms with Crippen LogP contribution in [-0.4, -0.2) is 18.6 Å². The topological polar surface area (TPSA) is 24.9 Å². The van der Waals surface area contributed by atoms with Gasteiger partial charge in [0, 0.05) is 17.2 Å². The minimum Gasteiger partial charge on any atom is -0.319 e. The third-order valence-electron chi connectivity index (χ3n) is 4.29. The average Bonchev–Trinajstić information content (AvgIpc) is 2.98. The van der Waals surface area contributed by atoms with E-state index >= 15 is 0 Å². The number of nitrogens with one attached hydrogen (secondary N) is 1. The van der Waals surface area contributed by atoms with Gasteiger partial charge >= 0.3 is 0 Å². The molecule has 108 valence electrons. The Morgan fingerprint density at radius 1 is 1.37 bits per heavy atom. The van der Waals surface area contributed by atoms with Gasteiger partial charge in [-0.3, -0.25) is 0 Å². The minimum absolute atomic E-state index is 0.181. The van der Waals surface area contributed by atoms with E-state index in [1.807, 2.05) is 11.3 Å². The fourth-order valence-corrected chi connectivity index (χ4v) is 4.19. The summed E-state index contributed by atoms with van der Waals surface area (Å²) >= 11 is 1.85. The molecule has 1 aliphatic rings. The van der Waals surface area contributed by atoms with Gasteiger partial charge in [0.15, 0.2) is 0 Å². The molecule has 1 aromatic rings. The molecule has 0 bridgehead atoms. The molecule has 1 saturated carbocycles. The van der Waals surface area contributed by atoms with Crippen molar-refractivity contribution < 1.29 is 0 Å². The van der Waals surface area contributed by atoms with Gasteiger partial charge in [0.1, 0.15) is 0 Å². The Morgan fingerprint density at radius 3 is 2.58 bits per heavy atom. The number of hydrogen-bond acceptors (Lipinski definition) is 3. The summed E-state index contributed by atoms with van der Waals surface area (Å²) in [6.45, 7) is 7.87. The molecule has 0 amide bonds. The van der Waals surface area contributed by atoms with Gasteiger partial charge in [-0.1, -0.05) is 46.5 Å². The van der Waals surface area contributed by atoms with Crippen LogP contribution in [0.4, 0.5) is 0 Å². The molecule has 3 heteroatoms. The zero-order valence-corrected chi connectivity index (χ0v) is 13.6. The summed E-state index contributed by atoms with van der Waals surface area (Å²) in [5.41, 5.74) is 1.43. The minimum atomic E-state index is 0.181. The van der Waals surface area contributed by atoms with Crippen LogP contribution in [0.3, 0.4) is 0 Å². The van der Waals surface area contributed by atoms with Crippen molar-refractivity contribution in [3.05, 3.63) is 16.1 Å². The molecular formula is C16H28N2S. The maximum absolute atomic E-state index is 4.87. The van der Waals surface area contributed by atoms with Gasteiger partial charge in [-0.2, -0.15) is 0 Å². The number of aromatic nitrogens is 1. The van der Waals surface area contributed by atoms with Gasteiger partial charge in [0.25, 0.3) is 0 Å². The van der Waals surface area contributed by atoms with E-state index in [9.17, 15) is 0 Å². The van der Waals surface area contributed by atoms with E-state index < -0.39 is 0 Å². The highest BCUT2D eigenvalue weighted by Gasteiger charge is 2.26. The Labute approximate surface area is 122 Å². The monoisotopic (exact) mass is 280 g/mol. The SMILES string of the molecule is CNCC(Cc1nc(C(C)(C)C)cs1)C1CCCC1. The Morgan fingerprint density at radius 2 is 2.05 bits per heavy atom. The van der Waals surface area contributed by atoms with Gasteiger partial charge < -0.3 is 5.32 Å². The van der Waals surface area contributed by atoms with Gasteiger partial charge in [0.05, 0.1) is 10.7 Å². The van der Waals surface area contributed by atoms with Crippen LogP contribution in [-0.2, 0) is 11.8 Å². The summed E-state index contributed by atoms with van der Waals surface area (Å²) in [5.74, 6) is 1.68. The Kier molecular flexibility index (Phi) is 5.02. The maximum Gasteiger partial charge on any atom is 0.0931 e. The van der Waals surface area contributed by atoms with Gasteiger partial charge in [-0.15, -0.1) is 11.3 Å². The van der Waals surface area contributed by atoms with Crippen molar-refractivity contribution in [3.63, 3.8) is 0 Å². The summed E-state index contributed by atoms with van der Waals surface area (Å²) in [7, 11) is 2.07. The fourth-order valence-electron chi connectivity index (χ4n) is 3.07. The summed E-state index contributed by atoms with van der Waals surface area (Å²) in [6.07, 6.45) is 6.85. The zero-order chi connectivity index (χ0) is 13.9. The predicted molar refractivity (Wildman–Crippen MR) is 83.9 cm³/mol. The highest BCUT2D eigenvalue weighted by atomic mass is 32.1. The highest BCUT2D eigenvalue weighted by molar-refractivity contribution is 7.09. The summed E-state index contributed by atoms with van der Waals surface area (Å²) in [4.78, 5) is 4.87. The van der Waals surface area contributed by atoms with Crippen LogP contribution in [0.25, 0.3) is 0 Å². The van der Waals surface area contributed by atoms with E-state index in [1.54, 1.807) is 0 Å². The van der Waals surface area contributed by atoms with E-state index in [0.717, 1.165) is 24.8 Å². The van der Waals surface area contributed by atoms with E-state index in [0.29, 0.717) is 0 Å². The molecule has 0 aliphatic heterocycles. The van der Waals surface area contributed by atoms with Crippen LogP contribution in [0.5, 0.6) is 0 Å². The molecule has 1 fully saturated rings. The quantitative estimate of drug-likeness (QED) is 0.881. The molecule has 1 unspecified atom stereocenters. The molecule has 1 aliphatic carbocycles. The largest absolute Gasteiger partial charge is 0.319 e. The molecule has 0 saturated heterocycles. The van der Waals surface area contributed by atoms with Gasteiger partial charge in [-0.25, -0.2) is 4.98 Å². The summed E-state index contributed by atoms with van der Waals surface area (Å²) in [6, 6.07) is 0. The van der Waals surface area contributed by atoms with E-state index in [4.69, 9.17) is 4.98 Å². The first-order valence-electron chi connectivity index (χ1n) is 7.60. The molecule has 1 heterocycles. The second-order valence-corrected chi connectivity index (χ2v) is 7.89. The van der Waals surface area contributed by atoms with Crippen LogP contribution in [0.2, 0.25) is 0 Å². The lowest BCUT2D eigenvalue weighted by Crippen LogP contribution is -2.26. The lowest BCUT2D eigenvalue weighted by molar-refractivity contribution is 0.327. The third kappa shape index (κ3) is 4.03. The van der Waals surface area contributed by atoms with Crippen molar-refractivity contribution in [2.45, 2.75) is 58.3 Å². The Hall–Kier alpha value is -0.410. The molecule has 1 aromatic heterocycles. The van der Waals surface area contributed by atoms with Crippen molar-refractivity contribution >= 4 is 11.3 Å². The standard InChI is InChI=1S/C16H28N2S/c1-16(2,3)14-11-19-15(18-14)9-13(10-17-4)12-7-5-6-8-12/h11-13,17H,5-10H2,1-4H3. The second kappa shape index (κ2) is 6.36. The fraction of sp³-hybridized carbons (Fsp3) is 0.812. The predicted octanol–water partition coefficient (Wildman–Crippen LogP) is 4.01. The molecule has 2 nitrogen and oxygen atoms in total. The summed E-state index contributed by atoms with van der Waals surface area (Å²) in [5, 5.41) is 6.96. The normalized spacial score (nSPS) is 18.9. The van der Waals surface area contributed by atoms with Gasteiger partial charge in [0.2, 0.25) is 0 Å². The molecule has 0 radical (unpaired) electrons. The van der Waals surface area contributed by atoms with Crippen LogP contribution in [0, 0.1) is 11.8 Å². The molecule has 0 aromatic carbocycles. The van der Waals surface area contributed by atoms with Gasteiger partial charge in [-0.05, 0) is 25.4 Å². The number of rotatable bonds is 5. The van der Waals surface area contributed by atoms with Crippen molar-refractivity contribution in [3.8, 4) is 0 Å². The van der Waals surface area contributed by atoms with Crippen LogP contribution in [0.1, 0.15) is 57.2 Å². The number of nitrogens with zero attached hydrogens (tertiary/aromatic N) is 1. The van der Waals surface area contributed by atoms with Crippen molar-refractivity contribution in [1.82, 2.24) is 10.3 Å². The van der Waals surface area contributed by atoms with Crippen LogP contribution in [0.15, 0.2) is 5.38 Å². The molecule has 1 atom stereocenters. The maximum atomic E-state index is 4.87. The van der Waals surface area contributed by atoms with Crippen LogP contribution < -0.4 is 5.32 Å². The van der Waals surface area contributed by atoms with E-state index in [1.165, 1.54) is 36.4 Å². The smallest absolute Gasteiger partial charge is 0.0931 e. The van der Waals surface area contributed by atoms with Crippen molar-refractivity contribution in [2.75, 3.05) is 13.6 Å². The van der Waals surface area contributed by atoms with E-state index in [2.05, 4.69) is 38.5 Å². The van der Waals surface area contributed by atoms with Crippen molar-refractivity contribution in [1.29, 1.82) is 0 Å². The first kappa shape index (κ1) is 15.0. The molecule has 0 spiro atoms. The van der Waals surface area contributed by atoms with Crippen LogP contribution >= 0.6 is 11.3 Å². The third-order valence-corrected chi connectivity index (χ3v) is 5.16. The molecule has 19 heavy (non-hydrogen) atoms. The lowest BCUT2D eigenvalue weighted by atomic mass is 9.88. The zero-order valence-electron chi connectivity index (χ0n) is 12.8. The Balaban J connectivity index is 2.02. The molecule has 1 N–H and O–H groups in total. The molecule has 2 rings (SSSR count). The lowest BCUT2D eigenvalue weighted by Gasteiger charge is -2.22. The number of thiazole rings is 1. The first-order chi connectivity index (χ1) is 9.00. The second-order valence-electron chi connectivity index (χ2n) is 6.94.